The fraction of sp³-hybridized carbons (Fsp3) is 0.857. The highest BCUT2D eigenvalue weighted by Gasteiger charge is 2.51. The van der Waals surface area contributed by atoms with Crippen LogP contribution in [0.15, 0.2) is 11.6 Å². The molecule has 0 saturated carbocycles. The maximum absolute atomic E-state index is 5.85. The third-order valence-electron chi connectivity index (χ3n) is 4.73. The molecule has 0 radical (unpaired) electrons. The standard InChI is InChI=1S/C14H24O2/c1-10-5-7-14(12(3)9-10)11(2)6-8-16-13(14)15-4/h9,11-13H,5-8H2,1-4H3. The summed E-state index contributed by atoms with van der Waals surface area (Å²) in [6, 6.07) is 0. The number of ether oxygens (including phenoxy) is 2. The molecule has 2 nitrogen and oxygen atoms in total. The predicted octanol–water partition coefficient (Wildman–Crippen LogP) is 3.38. The van der Waals surface area contributed by atoms with Crippen LogP contribution in [-0.2, 0) is 9.47 Å². The maximum atomic E-state index is 5.85. The lowest BCUT2D eigenvalue weighted by atomic mass is 9.59. The van der Waals surface area contributed by atoms with E-state index in [4.69, 9.17) is 9.47 Å². The average Bonchev–Trinajstić information content (AvgIpc) is 2.26. The third-order valence-corrected chi connectivity index (χ3v) is 4.73. The first-order valence-electron chi connectivity index (χ1n) is 6.43. The summed E-state index contributed by atoms with van der Waals surface area (Å²) in [7, 11) is 1.78. The van der Waals surface area contributed by atoms with E-state index < -0.39 is 0 Å². The Hall–Kier alpha value is -0.340. The van der Waals surface area contributed by atoms with Gasteiger partial charge in [0.05, 0.1) is 6.61 Å². The molecule has 0 bridgehead atoms. The van der Waals surface area contributed by atoms with Crippen LogP contribution in [0.2, 0.25) is 0 Å². The van der Waals surface area contributed by atoms with Gasteiger partial charge in [0, 0.05) is 12.5 Å². The Kier molecular flexibility index (Phi) is 3.41. The van der Waals surface area contributed by atoms with Crippen LogP contribution in [0, 0.1) is 17.3 Å². The highest BCUT2D eigenvalue weighted by molar-refractivity contribution is 5.13. The monoisotopic (exact) mass is 224 g/mol. The Balaban J connectivity index is 2.32. The first kappa shape index (κ1) is 12.1. The second kappa shape index (κ2) is 4.50. The highest BCUT2D eigenvalue weighted by Crippen LogP contribution is 2.52. The molecule has 2 heteroatoms. The van der Waals surface area contributed by atoms with Crippen LogP contribution >= 0.6 is 0 Å². The summed E-state index contributed by atoms with van der Waals surface area (Å²) in [5.41, 5.74) is 1.72. The maximum Gasteiger partial charge on any atom is 0.163 e. The SMILES string of the molecule is COC1OCCC(C)C12CCC(C)=CC2C. The van der Waals surface area contributed by atoms with Crippen molar-refractivity contribution in [3.63, 3.8) is 0 Å². The van der Waals surface area contributed by atoms with Gasteiger partial charge in [-0.15, -0.1) is 0 Å². The summed E-state index contributed by atoms with van der Waals surface area (Å²) in [4.78, 5) is 0. The van der Waals surface area contributed by atoms with Gasteiger partial charge in [0.2, 0.25) is 0 Å². The van der Waals surface area contributed by atoms with Gasteiger partial charge >= 0.3 is 0 Å². The van der Waals surface area contributed by atoms with E-state index in [1.165, 1.54) is 18.4 Å². The van der Waals surface area contributed by atoms with Crippen molar-refractivity contribution in [3.05, 3.63) is 11.6 Å². The summed E-state index contributed by atoms with van der Waals surface area (Å²) in [5.74, 6) is 1.24. The van der Waals surface area contributed by atoms with E-state index in [0.29, 0.717) is 11.8 Å². The summed E-state index contributed by atoms with van der Waals surface area (Å²) in [6.07, 6.45) is 5.96. The number of hydrogen-bond donors (Lipinski definition) is 0. The van der Waals surface area contributed by atoms with Gasteiger partial charge in [0.15, 0.2) is 6.29 Å². The van der Waals surface area contributed by atoms with E-state index >= 15 is 0 Å². The summed E-state index contributed by atoms with van der Waals surface area (Å²) in [5, 5.41) is 0. The molecule has 1 aliphatic carbocycles. The fourth-order valence-corrected chi connectivity index (χ4v) is 3.63. The molecule has 0 aromatic rings. The molecule has 1 spiro atoms. The first-order valence-corrected chi connectivity index (χ1v) is 6.43. The molecule has 4 atom stereocenters. The topological polar surface area (TPSA) is 18.5 Å². The third kappa shape index (κ3) is 1.72. The molecule has 1 heterocycles. The van der Waals surface area contributed by atoms with E-state index in [9.17, 15) is 0 Å². The van der Waals surface area contributed by atoms with Crippen molar-refractivity contribution in [1.82, 2.24) is 0 Å². The Morgan fingerprint density at radius 2 is 2.19 bits per heavy atom. The van der Waals surface area contributed by atoms with Crippen LogP contribution in [0.3, 0.4) is 0 Å². The van der Waals surface area contributed by atoms with Gasteiger partial charge in [0.1, 0.15) is 0 Å². The van der Waals surface area contributed by atoms with Crippen molar-refractivity contribution in [3.8, 4) is 0 Å². The van der Waals surface area contributed by atoms with Crippen molar-refractivity contribution in [1.29, 1.82) is 0 Å². The molecule has 2 aliphatic rings. The zero-order chi connectivity index (χ0) is 11.8. The van der Waals surface area contributed by atoms with Crippen molar-refractivity contribution >= 4 is 0 Å². The Morgan fingerprint density at radius 1 is 1.44 bits per heavy atom. The average molecular weight is 224 g/mol. The van der Waals surface area contributed by atoms with Gasteiger partial charge < -0.3 is 9.47 Å². The van der Waals surface area contributed by atoms with Gasteiger partial charge in [-0.05, 0) is 38.0 Å². The van der Waals surface area contributed by atoms with Crippen LogP contribution in [0.5, 0.6) is 0 Å². The Morgan fingerprint density at radius 3 is 2.81 bits per heavy atom. The van der Waals surface area contributed by atoms with Gasteiger partial charge in [-0.25, -0.2) is 0 Å². The molecule has 92 valence electrons. The molecule has 16 heavy (non-hydrogen) atoms. The molecule has 1 aliphatic heterocycles. The molecule has 0 aromatic heterocycles. The highest BCUT2D eigenvalue weighted by atomic mass is 16.7. The van der Waals surface area contributed by atoms with Gasteiger partial charge in [-0.3, -0.25) is 0 Å². The van der Waals surface area contributed by atoms with E-state index in [1.807, 2.05) is 0 Å². The number of methoxy groups -OCH3 is 1. The predicted molar refractivity (Wildman–Crippen MR) is 65.1 cm³/mol. The summed E-state index contributed by atoms with van der Waals surface area (Å²) < 4.78 is 11.5. The zero-order valence-electron chi connectivity index (χ0n) is 11.0. The summed E-state index contributed by atoms with van der Waals surface area (Å²) >= 11 is 0. The lowest BCUT2D eigenvalue weighted by Gasteiger charge is -2.52. The van der Waals surface area contributed by atoms with E-state index in [1.54, 1.807) is 7.11 Å². The van der Waals surface area contributed by atoms with Crippen LogP contribution < -0.4 is 0 Å². The molecule has 1 saturated heterocycles. The summed E-state index contributed by atoms with van der Waals surface area (Å²) in [6.45, 7) is 7.76. The lowest BCUT2D eigenvalue weighted by Crippen LogP contribution is -2.52. The van der Waals surface area contributed by atoms with Crippen LogP contribution in [0.4, 0.5) is 0 Å². The zero-order valence-corrected chi connectivity index (χ0v) is 11.0. The van der Waals surface area contributed by atoms with Gasteiger partial charge in [-0.1, -0.05) is 25.5 Å². The minimum Gasteiger partial charge on any atom is -0.355 e. The van der Waals surface area contributed by atoms with Crippen LogP contribution in [0.1, 0.15) is 40.0 Å². The molecule has 1 fully saturated rings. The molecule has 0 N–H and O–H groups in total. The second-order valence-corrected chi connectivity index (χ2v) is 5.54. The van der Waals surface area contributed by atoms with E-state index in [0.717, 1.165) is 13.0 Å². The molecular weight excluding hydrogens is 200 g/mol. The van der Waals surface area contributed by atoms with Crippen molar-refractivity contribution in [2.75, 3.05) is 13.7 Å². The smallest absolute Gasteiger partial charge is 0.163 e. The van der Waals surface area contributed by atoms with E-state index in [2.05, 4.69) is 26.8 Å². The number of rotatable bonds is 1. The van der Waals surface area contributed by atoms with Crippen molar-refractivity contribution in [2.45, 2.75) is 46.3 Å². The van der Waals surface area contributed by atoms with E-state index in [-0.39, 0.29) is 11.7 Å². The van der Waals surface area contributed by atoms with Gasteiger partial charge in [-0.2, -0.15) is 0 Å². The molecule has 0 aromatic carbocycles. The largest absolute Gasteiger partial charge is 0.355 e. The number of hydrogen-bond acceptors (Lipinski definition) is 2. The van der Waals surface area contributed by atoms with Crippen molar-refractivity contribution < 1.29 is 9.47 Å². The number of allylic oxidation sites excluding steroid dienone is 2. The molecular formula is C14H24O2. The normalized spacial score (nSPS) is 44.5. The van der Waals surface area contributed by atoms with Crippen LogP contribution in [-0.4, -0.2) is 20.0 Å². The minimum atomic E-state index is -0.0180. The Bertz CT molecular complexity index is 284. The fourth-order valence-electron chi connectivity index (χ4n) is 3.63. The first-order chi connectivity index (χ1) is 7.61. The van der Waals surface area contributed by atoms with Crippen LogP contribution in [0.25, 0.3) is 0 Å². The molecule has 0 amide bonds. The van der Waals surface area contributed by atoms with Gasteiger partial charge in [0.25, 0.3) is 0 Å². The van der Waals surface area contributed by atoms with Crippen molar-refractivity contribution in [2.24, 2.45) is 17.3 Å². The molecule has 2 rings (SSSR count). The Labute approximate surface area is 99.0 Å². The molecule has 4 unspecified atom stereocenters. The second-order valence-electron chi connectivity index (χ2n) is 5.54. The minimum absolute atomic E-state index is 0.0180. The quantitative estimate of drug-likeness (QED) is 0.636. The lowest BCUT2D eigenvalue weighted by molar-refractivity contribution is -0.252.